The fourth-order valence-electron chi connectivity index (χ4n) is 2.27. The Hall–Kier alpha value is -0.870. The molecule has 0 aromatic carbocycles. The second-order valence-electron chi connectivity index (χ2n) is 4.77. The number of amides is 1. The topological polar surface area (TPSA) is 40.5 Å². The molecule has 0 saturated carbocycles. The highest BCUT2D eigenvalue weighted by molar-refractivity contribution is 7.14. The second kappa shape index (κ2) is 5.19. The van der Waals surface area contributed by atoms with E-state index >= 15 is 0 Å². The Morgan fingerprint density at radius 2 is 2.35 bits per heavy atom. The summed E-state index contributed by atoms with van der Waals surface area (Å²) in [6, 6.07) is 1.99. The quantitative estimate of drug-likeness (QED) is 0.897. The number of hydrogen-bond acceptors (Lipinski definition) is 3. The highest BCUT2D eigenvalue weighted by atomic mass is 32.1. The van der Waals surface area contributed by atoms with E-state index in [1.54, 1.807) is 11.3 Å². The van der Waals surface area contributed by atoms with Crippen LogP contribution in [0.3, 0.4) is 0 Å². The third-order valence-electron chi connectivity index (χ3n) is 3.49. The van der Waals surface area contributed by atoms with Gasteiger partial charge in [-0.3, -0.25) is 4.79 Å². The van der Waals surface area contributed by atoms with Gasteiger partial charge in [0.2, 0.25) is 0 Å². The lowest BCUT2D eigenvalue weighted by Crippen LogP contribution is -2.28. The molecule has 1 atom stereocenters. The van der Waals surface area contributed by atoms with Gasteiger partial charge in [0.25, 0.3) is 5.91 Å². The molecule has 17 heavy (non-hydrogen) atoms. The number of nitrogens with zero attached hydrogens (tertiary/aromatic N) is 1. The Kier molecular flexibility index (Phi) is 3.84. The van der Waals surface area contributed by atoms with Crippen LogP contribution in [0.2, 0.25) is 0 Å². The number of likely N-dealkylation sites (tertiary alicyclic amines) is 1. The number of carbonyl (C=O) groups excluding carboxylic acids is 1. The number of aryl methyl sites for hydroxylation is 2. The number of aliphatic hydroxyl groups excluding tert-OH is 1. The maximum absolute atomic E-state index is 12.2. The Bertz CT molecular complexity index is 394. The molecule has 94 valence electrons. The first kappa shape index (κ1) is 12.6. The van der Waals surface area contributed by atoms with Crippen molar-refractivity contribution in [1.29, 1.82) is 0 Å². The Balaban J connectivity index is 2.02. The molecule has 2 heterocycles. The molecule has 1 fully saturated rings. The van der Waals surface area contributed by atoms with Crippen molar-refractivity contribution in [2.24, 2.45) is 5.92 Å². The van der Waals surface area contributed by atoms with Crippen LogP contribution < -0.4 is 0 Å². The summed E-state index contributed by atoms with van der Waals surface area (Å²) >= 11 is 1.58. The monoisotopic (exact) mass is 253 g/mol. The van der Waals surface area contributed by atoms with E-state index in [1.165, 1.54) is 10.4 Å². The van der Waals surface area contributed by atoms with Crippen LogP contribution in [0.4, 0.5) is 0 Å². The minimum Gasteiger partial charge on any atom is -0.396 e. The summed E-state index contributed by atoms with van der Waals surface area (Å²) in [5.41, 5.74) is 1.20. The van der Waals surface area contributed by atoms with Gasteiger partial charge in [0.15, 0.2) is 0 Å². The van der Waals surface area contributed by atoms with Crippen molar-refractivity contribution in [2.75, 3.05) is 19.7 Å². The predicted octanol–water partition coefficient (Wildman–Crippen LogP) is 2.21. The second-order valence-corrected chi connectivity index (χ2v) is 6.02. The highest BCUT2D eigenvalue weighted by Gasteiger charge is 2.27. The summed E-state index contributed by atoms with van der Waals surface area (Å²) in [5.74, 6) is 0.637. The first-order chi connectivity index (χ1) is 8.11. The summed E-state index contributed by atoms with van der Waals surface area (Å²) in [6.07, 6.45) is 1.84. The normalized spacial score (nSPS) is 19.9. The molecule has 1 saturated heterocycles. The number of aliphatic hydroxyl groups is 1. The van der Waals surface area contributed by atoms with Gasteiger partial charge in [-0.2, -0.15) is 0 Å². The zero-order chi connectivity index (χ0) is 12.4. The van der Waals surface area contributed by atoms with E-state index in [2.05, 4.69) is 6.92 Å². The van der Waals surface area contributed by atoms with Crippen LogP contribution in [0.25, 0.3) is 0 Å². The van der Waals surface area contributed by atoms with Crippen molar-refractivity contribution >= 4 is 17.2 Å². The molecule has 0 spiro atoms. The Morgan fingerprint density at radius 3 is 2.94 bits per heavy atom. The Labute approximate surface area is 106 Å². The molecule has 4 heteroatoms. The molecule has 1 aromatic rings. The molecular weight excluding hydrogens is 234 g/mol. The van der Waals surface area contributed by atoms with Crippen LogP contribution >= 0.6 is 11.3 Å². The molecule has 2 rings (SSSR count). The zero-order valence-electron chi connectivity index (χ0n) is 10.4. The van der Waals surface area contributed by atoms with Crippen LogP contribution in [-0.2, 0) is 0 Å². The van der Waals surface area contributed by atoms with Gasteiger partial charge in [-0.25, -0.2) is 0 Å². The average Bonchev–Trinajstić information content (AvgIpc) is 2.87. The van der Waals surface area contributed by atoms with Gasteiger partial charge in [-0.15, -0.1) is 11.3 Å². The first-order valence-corrected chi connectivity index (χ1v) is 6.90. The average molecular weight is 253 g/mol. The molecule has 1 aliphatic heterocycles. The van der Waals surface area contributed by atoms with E-state index in [0.29, 0.717) is 5.92 Å². The number of hydrogen-bond donors (Lipinski definition) is 1. The van der Waals surface area contributed by atoms with Crippen molar-refractivity contribution in [3.05, 3.63) is 21.4 Å². The fraction of sp³-hybridized carbons (Fsp3) is 0.615. The Morgan fingerprint density at radius 1 is 1.59 bits per heavy atom. The summed E-state index contributed by atoms with van der Waals surface area (Å²) in [6.45, 7) is 5.95. The van der Waals surface area contributed by atoms with Gasteiger partial charge in [-0.05, 0) is 44.2 Å². The molecule has 1 amide bonds. The fourth-order valence-corrected chi connectivity index (χ4v) is 3.27. The van der Waals surface area contributed by atoms with Crippen molar-refractivity contribution in [3.63, 3.8) is 0 Å². The standard InChI is InChI=1S/C13H19NO2S/c1-9-7-12(17-10(9)2)13(16)14-5-3-11(8-14)4-6-15/h7,11,15H,3-6,8H2,1-2H3. The SMILES string of the molecule is Cc1cc(C(=O)N2CCC(CCO)C2)sc1C. The van der Waals surface area contributed by atoms with Gasteiger partial charge in [0.1, 0.15) is 0 Å². The van der Waals surface area contributed by atoms with Crippen LogP contribution in [0.1, 0.15) is 33.0 Å². The van der Waals surface area contributed by atoms with E-state index in [9.17, 15) is 4.79 Å². The van der Waals surface area contributed by atoms with Crippen LogP contribution in [0.15, 0.2) is 6.07 Å². The molecule has 1 N–H and O–H groups in total. The van der Waals surface area contributed by atoms with Gasteiger partial charge in [-0.1, -0.05) is 0 Å². The van der Waals surface area contributed by atoms with Crippen LogP contribution in [0.5, 0.6) is 0 Å². The van der Waals surface area contributed by atoms with Crippen LogP contribution in [0, 0.1) is 19.8 Å². The number of rotatable bonds is 3. The van der Waals surface area contributed by atoms with Gasteiger partial charge < -0.3 is 10.0 Å². The third-order valence-corrected chi connectivity index (χ3v) is 4.63. The lowest BCUT2D eigenvalue weighted by Gasteiger charge is -2.15. The van der Waals surface area contributed by atoms with E-state index in [1.807, 2.05) is 17.9 Å². The minimum absolute atomic E-state index is 0.159. The largest absolute Gasteiger partial charge is 0.396 e. The molecule has 0 bridgehead atoms. The summed E-state index contributed by atoms with van der Waals surface area (Å²) in [5, 5.41) is 8.91. The lowest BCUT2D eigenvalue weighted by molar-refractivity contribution is 0.0789. The van der Waals surface area contributed by atoms with Crippen molar-refractivity contribution in [2.45, 2.75) is 26.7 Å². The number of thiophene rings is 1. The van der Waals surface area contributed by atoms with Crippen molar-refractivity contribution in [3.8, 4) is 0 Å². The van der Waals surface area contributed by atoms with Crippen molar-refractivity contribution < 1.29 is 9.90 Å². The molecule has 3 nitrogen and oxygen atoms in total. The minimum atomic E-state index is 0.159. The maximum Gasteiger partial charge on any atom is 0.263 e. The molecule has 1 unspecified atom stereocenters. The van der Waals surface area contributed by atoms with E-state index in [-0.39, 0.29) is 12.5 Å². The smallest absolute Gasteiger partial charge is 0.263 e. The van der Waals surface area contributed by atoms with Gasteiger partial charge in [0.05, 0.1) is 4.88 Å². The molecule has 1 aliphatic rings. The highest BCUT2D eigenvalue weighted by Crippen LogP contribution is 2.26. The summed E-state index contributed by atoms with van der Waals surface area (Å²) in [4.78, 5) is 16.2. The van der Waals surface area contributed by atoms with E-state index in [4.69, 9.17) is 5.11 Å². The summed E-state index contributed by atoms with van der Waals surface area (Å²) in [7, 11) is 0. The summed E-state index contributed by atoms with van der Waals surface area (Å²) < 4.78 is 0. The zero-order valence-corrected chi connectivity index (χ0v) is 11.2. The van der Waals surface area contributed by atoms with Gasteiger partial charge in [0, 0.05) is 24.6 Å². The van der Waals surface area contributed by atoms with Crippen molar-refractivity contribution in [1.82, 2.24) is 4.90 Å². The third kappa shape index (κ3) is 2.69. The van der Waals surface area contributed by atoms with Gasteiger partial charge >= 0.3 is 0 Å². The first-order valence-electron chi connectivity index (χ1n) is 6.09. The maximum atomic E-state index is 12.2. The van der Waals surface area contributed by atoms with E-state index < -0.39 is 0 Å². The number of carbonyl (C=O) groups is 1. The molecule has 0 radical (unpaired) electrons. The van der Waals surface area contributed by atoms with E-state index in [0.717, 1.165) is 30.8 Å². The lowest BCUT2D eigenvalue weighted by atomic mass is 10.1. The molecule has 0 aliphatic carbocycles. The molecular formula is C13H19NO2S. The predicted molar refractivity (Wildman–Crippen MR) is 69.5 cm³/mol. The molecule has 1 aromatic heterocycles. The van der Waals surface area contributed by atoms with Crippen LogP contribution in [-0.4, -0.2) is 35.6 Å².